The lowest BCUT2D eigenvalue weighted by molar-refractivity contribution is -0.123. The average molecular weight is 318 g/mol. The van der Waals surface area contributed by atoms with Gasteiger partial charge in [0.1, 0.15) is 6.04 Å². The van der Waals surface area contributed by atoms with Gasteiger partial charge in [-0.2, -0.15) is 0 Å². The maximum atomic E-state index is 11.6. The minimum Gasteiger partial charge on any atom is -0.383 e. The van der Waals surface area contributed by atoms with Crippen LogP contribution < -0.4 is 11.1 Å². The van der Waals surface area contributed by atoms with Crippen molar-refractivity contribution < 1.29 is 14.3 Å². The van der Waals surface area contributed by atoms with Crippen LogP contribution in [-0.4, -0.2) is 69.5 Å². The average Bonchev–Trinajstić information content (AvgIpc) is 2.36. The number of carbonyl (C=O) groups is 1. The quantitative estimate of drug-likeness (QED) is 0.699. The molecule has 19 heavy (non-hydrogen) atoms. The molecule has 1 heterocycles. The molecule has 0 bridgehead atoms. The minimum absolute atomic E-state index is 0. The van der Waals surface area contributed by atoms with Crippen molar-refractivity contribution in [2.45, 2.75) is 19.0 Å². The third-order valence-electron chi connectivity index (χ3n) is 2.92. The third-order valence-corrected chi connectivity index (χ3v) is 2.92. The highest BCUT2D eigenvalue weighted by Crippen LogP contribution is 2.02. The van der Waals surface area contributed by atoms with Gasteiger partial charge in [-0.05, 0) is 6.92 Å². The first-order valence-electron chi connectivity index (χ1n) is 5.99. The fourth-order valence-electron chi connectivity index (χ4n) is 1.78. The van der Waals surface area contributed by atoms with E-state index >= 15 is 0 Å². The molecule has 0 radical (unpaired) electrons. The Balaban J connectivity index is 0. The van der Waals surface area contributed by atoms with Crippen molar-refractivity contribution >= 4 is 30.7 Å². The first-order chi connectivity index (χ1) is 8.15. The number of methoxy groups -OCH3 is 1. The van der Waals surface area contributed by atoms with Crippen molar-refractivity contribution in [1.82, 2.24) is 10.2 Å². The van der Waals surface area contributed by atoms with Crippen LogP contribution >= 0.6 is 24.8 Å². The summed E-state index contributed by atoms with van der Waals surface area (Å²) in [7, 11) is 1.53. The Morgan fingerprint density at radius 1 is 1.42 bits per heavy atom. The summed E-state index contributed by atoms with van der Waals surface area (Å²) in [6.07, 6.45) is 0. The maximum absolute atomic E-state index is 11.6. The monoisotopic (exact) mass is 317 g/mol. The van der Waals surface area contributed by atoms with Gasteiger partial charge in [-0.15, -0.1) is 24.8 Å². The van der Waals surface area contributed by atoms with Crippen molar-refractivity contribution in [3.8, 4) is 0 Å². The lowest BCUT2D eigenvalue weighted by atomic mass is 10.2. The van der Waals surface area contributed by atoms with Crippen LogP contribution in [0.3, 0.4) is 0 Å². The number of ether oxygens (including phenoxy) is 2. The molecule has 1 saturated heterocycles. The molecule has 6 nitrogen and oxygen atoms in total. The number of nitrogens with one attached hydrogen (secondary N) is 1. The highest BCUT2D eigenvalue weighted by atomic mass is 35.5. The molecular weight excluding hydrogens is 293 g/mol. The molecule has 2 unspecified atom stereocenters. The fourth-order valence-corrected chi connectivity index (χ4v) is 1.78. The van der Waals surface area contributed by atoms with E-state index in [9.17, 15) is 4.79 Å². The van der Waals surface area contributed by atoms with Crippen LogP contribution in [0.1, 0.15) is 6.92 Å². The molecule has 0 aromatic heterocycles. The number of amides is 1. The van der Waals surface area contributed by atoms with Gasteiger partial charge in [0.2, 0.25) is 5.91 Å². The van der Waals surface area contributed by atoms with E-state index in [2.05, 4.69) is 17.1 Å². The maximum Gasteiger partial charge on any atom is 0.239 e. The molecule has 2 atom stereocenters. The number of hydrogen-bond acceptors (Lipinski definition) is 5. The van der Waals surface area contributed by atoms with Gasteiger partial charge in [0.15, 0.2) is 0 Å². The molecule has 1 rings (SSSR count). The molecule has 0 spiro atoms. The number of halogens is 2. The molecular formula is C11H25Cl2N3O3. The summed E-state index contributed by atoms with van der Waals surface area (Å²) < 4.78 is 10.1. The number of carbonyl (C=O) groups excluding carboxylic acids is 1. The van der Waals surface area contributed by atoms with E-state index in [0.29, 0.717) is 12.6 Å². The summed E-state index contributed by atoms with van der Waals surface area (Å²) in [6, 6.07) is -0.283. The number of nitrogens with zero attached hydrogens (tertiary/aromatic N) is 1. The number of rotatable bonds is 6. The summed E-state index contributed by atoms with van der Waals surface area (Å²) in [5, 5.41) is 2.84. The lowest BCUT2D eigenvalue weighted by Gasteiger charge is -2.32. The number of nitrogens with two attached hydrogens (primary N) is 1. The van der Waals surface area contributed by atoms with Gasteiger partial charge in [-0.25, -0.2) is 0 Å². The molecule has 1 aliphatic rings. The smallest absolute Gasteiger partial charge is 0.239 e. The van der Waals surface area contributed by atoms with Gasteiger partial charge >= 0.3 is 0 Å². The van der Waals surface area contributed by atoms with Crippen molar-refractivity contribution in [2.75, 3.05) is 46.6 Å². The predicted octanol–water partition coefficient (Wildman–Crippen LogP) is -0.359. The molecule has 1 aliphatic heterocycles. The van der Waals surface area contributed by atoms with Gasteiger partial charge < -0.3 is 20.5 Å². The van der Waals surface area contributed by atoms with Crippen LogP contribution in [0.4, 0.5) is 0 Å². The Kier molecular flexibility index (Phi) is 13.0. The van der Waals surface area contributed by atoms with Crippen LogP contribution in [0.25, 0.3) is 0 Å². The molecule has 116 valence electrons. The highest BCUT2D eigenvalue weighted by Gasteiger charge is 2.19. The van der Waals surface area contributed by atoms with Gasteiger partial charge in [0.25, 0.3) is 0 Å². The molecule has 1 fully saturated rings. The summed E-state index contributed by atoms with van der Waals surface area (Å²) in [6.45, 7) is 6.31. The topological polar surface area (TPSA) is 76.8 Å². The summed E-state index contributed by atoms with van der Waals surface area (Å²) in [4.78, 5) is 13.9. The van der Waals surface area contributed by atoms with Gasteiger partial charge in [0.05, 0.1) is 19.8 Å². The highest BCUT2D eigenvalue weighted by molar-refractivity contribution is 5.85. The molecule has 3 N–H and O–H groups in total. The summed E-state index contributed by atoms with van der Waals surface area (Å²) >= 11 is 0. The minimum atomic E-state index is -0.586. The Labute approximate surface area is 127 Å². The van der Waals surface area contributed by atoms with E-state index in [1.807, 2.05) is 0 Å². The van der Waals surface area contributed by atoms with E-state index in [1.54, 1.807) is 0 Å². The normalized spacial score (nSPS) is 18.7. The van der Waals surface area contributed by atoms with Gasteiger partial charge in [-0.3, -0.25) is 9.69 Å². The number of hydrogen-bond donors (Lipinski definition) is 2. The van der Waals surface area contributed by atoms with Gasteiger partial charge in [0, 0.05) is 32.8 Å². The molecule has 0 aromatic rings. The zero-order valence-electron chi connectivity index (χ0n) is 11.5. The van der Waals surface area contributed by atoms with Crippen molar-refractivity contribution in [2.24, 2.45) is 5.73 Å². The van der Waals surface area contributed by atoms with Crippen LogP contribution in [0.2, 0.25) is 0 Å². The van der Waals surface area contributed by atoms with Gasteiger partial charge in [-0.1, -0.05) is 0 Å². The standard InChI is InChI=1S/C11H23N3O3.2ClH/c1-9(14-3-5-17-6-4-14)7-13-11(15)10(12)8-16-2;;/h9-10H,3-8,12H2,1-2H3,(H,13,15);2*1H. The predicted molar refractivity (Wildman–Crippen MR) is 79.2 cm³/mol. The Bertz CT molecular complexity index is 241. The molecule has 1 amide bonds. The van der Waals surface area contributed by atoms with Crippen molar-refractivity contribution in [3.63, 3.8) is 0 Å². The van der Waals surface area contributed by atoms with Crippen LogP contribution in [0.5, 0.6) is 0 Å². The zero-order chi connectivity index (χ0) is 12.7. The summed E-state index contributed by atoms with van der Waals surface area (Å²) in [5.74, 6) is -0.160. The van der Waals surface area contributed by atoms with E-state index in [0.717, 1.165) is 26.3 Å². The zero-order valence-corrected chi connectivity index (χ0v) is 13.1. The number of morpholine rings is 1. The van der Waals surface area contributed by atoms with E-state index in [1.165, 1.54) is 7.11 Å². The van der Waals surface area contributed by atoms with Crippen LogP contribution in [0.15, 0.2) is 0 Å². The third kappa shape index (κ3) is 7.91. The summed E-state index contributed by atoms with van der Waals surface area (Å²) in [5.41, 5.74) is 5.62. The van der Waals surface area contributed by atoms with E-state index in [4.69, 9.17) is 15.2 Å². The van der Waals surface area contributed by atoms with Crippen molar-refractivity contribution in [1.29, 1.82) is 0 Å². The second-order valence-electron chi connectivity index (χ2n) is 4.30. The fraction of sp³-hybridized carbons (Fsp3) is 0.909. The van der Waals surface area contributed by atoms with E-state index < -0.39 is 6.04 Å². The SMILES string of the molecule is COCC(N)C(=O)NCC(C)N1CCOCC1.Cl.Cl. The van der Waals surface area contributed by atoms with Crippen LogP contribution in [-0.2, 0) is 14.3 Å². The van der Waals surface area contributed by atoms with Crippen molar-refractivity contribution in [3.05, 3.63) is 0 Å². The largest absolute Gasteiger partial charge is 0.383 e. The second kappa shape index (κ2) is 11.7. The molecule has 8 heteroatoms. The lowest BCUT2D eigenvalue weighted by Crippen LogP contribution is -2.50. The Morgan fingerprint density at radius 3 is 2.53 bits per heavy atom. The molecule has 0 aliphatic carbocycles. The first-order valence-corrected chi connectivity index (χ1v) is 5.99. The van der Waals surface area contributed by atoms with E-state index in [-0.39, 0.29) is 37.3 Å². The second-order valence-corrected chi connectivity index (χ2v) is 4.30. The first kappa shape index (κ1) is 21.2. The Morgan fingerprint density at radius 2 is 2.00 bits per heavy atom. The molecule has 0 aromatic carbocycles. The molecule has 0 saturated carbocycles. The Hall–Kier alpha value is -0.110. The van der Waals surface area contributed by atoms with Crippen LogP contribution in [0, 0.1) is 0 Å².